The van der Waals surface area contributed by atoms with E-state index in [1.807, 2.05) is 18.2 Å². The van der Waals surface area contributed by atoms with Crippen LogP contribution in [0.5, 0.6) is 0 Å². The van der Waals surface area contributed by atoms with Gasteiger partial charge < -0.3 is 16.0 Å². The number of rotatable bonds is 4. The summed E-state index contributed by atoms with van der Waals surface area (Å²) in [5.74, 6) is -0.785. The lowest BCUT2D eigenvalue weighted by Gasteiger charge is -2.29. The van der Waals surface area contributed by atoms with Crippen LogP contribution in [-0.4, -0.2) is 40.7 Å². The zero-order chi connectivity index (χ0) is 16.8. The predicted molar refractivity (Wildman–Crippen MR) is 85.7 cm³/mol. The number of nitrogens with two attached hydrogens (primary N) is 1. The van der Waals surface area contributed by atoms with Crippen LogP contribution in [0.2, 0.25) is 0 Å². The zero-order valence-electron chi connectivity index (χ0n) is 13.2. The Morgan fingerprint density at radius 1 is 1.29 bits per heavy atom. The van der Waals surface area contributed by atoms with E-state index >= 15 is 0 Å². The summed E-state index contributed by atoms with van der Waals surface area (Å²) in [7, 11) is 0. The first-order valence-corrected chi connectivity index (χ1v) is 8.28. The Labute approximate surface area is 139 Å². The Balaban J connectivity index is 1.47. The highest BCUT2D eigenvalue weighted by atomic mass is 16.2. The topological polar surface area (TPSA) is 105 Å². The number of fused-ring (bicyclic) bond motifs is 1. The fourth-order valence-corrected chi connectivity index (χ4v) is 3.44. The summed E-state index contributed by atoms with van der Waals surface area (Å²) in [6.07, 6.45) is 1.67. The first-order valence-electron chi connectivity index (χ1n) is 8.28. The summed E-state index contributed by atoms with van der Waals surface area (Å²) in [5.41, 5.74) is 8.47. The second-order valence-electron chi connectivity index (χ2n) is 6.78. The molecule has 0 aromatic heterocycles. The van der Waals surface area contributed by atoms with Gasteiger partial charge in [-0.15, -0.1) is 0 Å². The Kier molecular flexibility index (Phi) is 3.62. The number of amides is 3. The maximum atomic E-state index is 12.6. The van der Waals surface area contributed by atoms with Gasteiger partial charge in [-0.1, -0.05) is 12.1 Å². The van der Waals surface area contributed by atoms with Crippen molar-refractivity contribution in [2.45, 2.75) is 50.5 Å². The number of nitrogens with one attached hydrogen (secondary N) is 2. The number of carbonyl (C=O) groups is 3. The summed E-state index contributed by atoms with van der Waals surface area (Å²) in [6.45, 7) is 1.13. The van der Waals surface area contributed by atoms with Gasteiger partial charge in [-0.2, -0.15) is 0 Å². The van der Waals surface area contributed by atoms with E-state index in [1.54, 1.807) is 4.90 Å². The van der Waals surface area contributed by atoms with Crippen molar-refractivity contribution in [1.82, 2.24) is 15.5 Å². The molecule has 4 rings (SSSR count). The van der Waals surface area contributed by atoms with Crippen molar-refractivity contribution in [2.24, 2.45) is 5.73 Å². The van der Waals surface area contributed by atoms with Crippen LogP contribution in [0, 0.1) is 0 Å². The largest absolute Gasteiger partial charge is 0.326 e. The second-order valence-corrected chi connectivity index (χ2v) is 6.78. The normalized spacial score (nSPS) is 28.8. The average molecular weight is 328 g/mol. The van der Waals surface area contributed by atoms with Gasteiger partial charge in [0.2, 0.25) is 11.8 Å². The molecule has 2 fully saturated rings. The van der Waals surface area contributed by atoms with Crippen LogP contribution in [0.15, 0.2) is 18.2 Å². The number of carbonyl (C=O) groups excluding carboxylic acids is 3. The number of imide groups is 1. The molecule has 3 unspecified atom stereocenters. The molecule has 1 aromatic rings. The molecule has 7 nitrogen and oxygen atoms in total. The van der Waals surface area contributed by atoms with Crippen LogP contribution < -0.4 is 16.4 Å². The third-order valence-corrected chi connectivity index (χ3v) is 5.00. The molecule has 24 heavy (non-hydrogen) atoms. The molecule has 3 atom stereocenters. The van der Waals surface area contributed by atoms with Gasteiger partial charge in [-0.05, 0) is 30.0 Å². The zero-order valence-corrected chi connectivity index (χ0v) is 13.2. The van der Waals surface area contributed by atoms with Crippen molar-refractivity contribution < 1.29 is 14.4 Å². The molecule has 0 bridgehead atoms. The quantitative estimate of drug-likeness (QED) is 0.655. The molecule has 126 valence electrons. The summed E-state index contributed by atoms with van der Waals surface area (Å²) in [4.78, 5) is 37.5. The number of benzene rings is 1. The molecule has 3 aliphatic rings. The lowest BCUT2D eigenvalue weighted by atomic mass is 10.0. The van der Waals surface area contributed by atoms with Crippen molar-refractivity contribution >= 4 is 17.7 Å². The van der Waals surface area contributed by atoms with Crippen LogP contribution in [0.1, 0.15) is 40.7 Å². The van der Waals surface area contributed by atoms with Gasteiger partial charge in [-0.3, -0.25) is 19.7 Å². The van der Waals surface area contributed by atoms with Gasteiger partial charge in [0.15, 0.2) is 0 Å². The van der Waals surface area contributed by atoms with Crippen LogP contribution in [0.3, 0.4) is 0 Å². The van der Waals surface area contributed by atoms with E-state index in [-0.39, 0.29) is 30.2 Å². The van der Waals surface area contributed by atoms with E-state index in [2.05, 4.69) is 10.6 Å². The van der Waals surface area contributed by atoms with E-state index in [4.69, 9.17) is 5.73 Å². The smallest absolute Gasteiger partial charge is 0.255 e. The van der Waals surface area contributed by atoms with Crippen LogP contribution in [0.4, 0.5) is 0 Å². The highest BCUT2D eigenvalue weighted by Gasteiger charge is 2.39. The Morgan fingerprint density at radius 2 is 2.08 bits per heavy atom. The minimum atomic E-state index is -0.561. The summed E-state index contributed by atoms with van der Waals surface area (Å²) in [5, 5.41) is 5.70. The molecular formula is C17H20N4O3. The maximum Gasteiger partial charge on any atom is 0.255 e. The van der Waals surface area contributed by atoms with Crippen molar-refractivity contribution in [3.05, 3.63) is 34.9 Å². The Bertz CT molecular complexity index is 733. The van der Waals surface area contributed by atoms with Crippen molar-refractivity contribution in [3.8, 4) is 0 Å². The number of hydrogen-bond donors (Lipinski definition) is 3. The van der Waals surface area contributed by atoms with E-state index < -0.39 is 6.04 Å². The Hall–Kier alpha value is -2.25. The molecular weight excluding hydrogens is 308 g/mol. The molecule has 2 aliphatic heterocycles. The lowest BCUT2D eigenvalue weighted by Crippen LogP contribution is -2.52. The van der Waals surface area contributed by atoms with Gasteiger partial charge in [0, 0.05) is 37.2 Å². The summed E-state index contributed by atoms with van der Waals surface area (Å²) < 4.78 is 0. The van der Waals surface area contributed by atoms with Gasteiger partial charge in [-0.25, -0.2) is 0 Å². The SMILES string of the molecule is NC1CC1NCc1ccc2c(c1)CN(C1CCC(=O)NC1=O)C2=O. The predicted octanol–water partition coefficient (Wildman–Crippen LogP) is -0.363. The maximum absolute atomic E-state index is 12.6. The molecule has 4 N–H and O–H groups in total. The number of piperidine rings is 1. The molecule has 1 saturated carbocycles. The van der Waals surface area contributed by atoms with Gasteiger partial charge in [0.05, 0.1) is 0 Å². The number of nitrogens with zero attached hydrogens (tertiary/aromatic N) is 1. The molecule has 3 amide bonds. The van der Waals surface area contributed by atoms with Crippen LogP contribution in [0.25, 0.3) is 0 Å². The Morgan fingerprint density at radius 3 is 2.79 bits per heavy atom. The first kappa shape index (κ1) is 15.3. The van der Waals surface area contributed by atoms with Gasteiger partial charge in [0.25, 0.3) is 5.91 Å². The molecule has 7 heteroatoms. The molecule has 2 heterocycles. The van der Waals surface area contributed by atoms with E-state index in [9.17, 15) is 14.4 Å². The fraction of sp³-hybridized carbons (Fsp3) is 0.471. The summed E-state index contributed by atoms with van der Waals surface area (Å²) >= 11 is 0. The molecule has 1 saturated heterocycles. The number of hydrogen-bond acceptors (Lipinski definition) is 5. The van der Waals surface area contributed by atoms with E-state index in [1.165, 1.54) is 0 Å². The second kappa shape index (κ2) is 5.68. The van der Waals surface area contributed by atoms with Crippen LogP contribution in [-0.2, 0) is 22.7 Å². The lowest BCUT2D eigenvalue weighted by molar-refractivity contribution is -0.136. The molecule has 0 radical (unpaired) electrons. The average Bonchev–Trinajstić information content (AvgIpc) is 3.16. The highest BCUT2D eigenvalue weighted by Crippen LogP contribution is 2.28. The monoisotopic (exact) mass is 328 g/mol. The van der Waals surface area contributed by atoms with Crippen molar-refractivity contribution in [1.29, 1.82) is 0 Å². The molecule has 1 aromatic carbocycles. The van der Waals surface area contributed by atoms with Gasteiger partial charge in [0.1, 0.15) is 6.04 Å². The molecule has 0 spiro atoms. The third-order valence-electron chi connectivity index (χ3n) is 5.00. The standard InChI is InChI=1S/C17H20N4O3/c18-12-6-13(12)19-7-9-1-2-11-10(5-9)8-21(17(11)24)14-3-4-15(22)20-16(14)23/h1-2,5,12-14,19H,3-4,6-8,18H2,(H,20,22,23). The fourth-order valence-electron chi connectivity index (χ4n) is 3.44. The van der Waals surface area contributed by atoms with Crippen molar-refractivity contribution in [3.63, 3.8) is 0 Å². The van der Waals surface area contributed by atoms with Crippen LogP contribution >= 0.6 is 0 Å². The van der Waals surface area contributed by atoms with Crippen molar-refractivity contribution in [2.75, 3.05) is 0 Å². The summed E-state index contributed by atoms with van der Waals surface area (Å²) in [6, 6.07) is 5.86. The van der Waals surface area contributed by atoms with E-state index in [0.717, 1.165) is 24.1 Å². The minimum Gasteiger partial charge on any atom is -0.326 e. The highest BCUT2D eigenvalue weighted by molar-refractivity contribution is 6.05. The first-order chi connectivity index (χ1) is 11.5. The van der Waals surface area contributed by atoms with Gasteiger partial charge >= 0.3 is 0 Å². The third kappa shape index (κ3) is 2.70. The molecule has 1 aliphatic carbocycles. The minimum absolute atomic E-state index is 0.136. The van der Waals surface area contributed by atoms with E-state index in [0.29, 0.717) is 24.6 Å².